The third kappa shape index (κ3) is 3.79. The minimum atomic E-state index is -0.222. The van der Waals surface area contributed by atoms with Gasteiger partial charge in [0.1, 0.15) is 17.3 Å². The molecule has 0 saturated heterocycles. The van der Waals surface area contributed by atoms with Gasteiger partial charge in [0.2, 0.25) is 0 Å². The second kappa shape index (κ2) is 6.52. The molecule has 1 aromatic heterocycles. The molecular weight excluding hydrogens is 356 g/mol. The molecule has 0 aliphatic heterocycles. The number of rotatable bonds is 5. The molecule has 0 amide bonds. The lowest BCUT2D eigenvalue weighted by Gasteiger charge is -2.09. The summed E-state index contributed by atoms with van der Waals surface area (Å²) in [6.07, 6.45) is 0.853. The van der Waals surface area contributed by atoms with Crippen LogP contribution in [0.25, 0.3) is 11.3 Å². The normalized spacial score (nSPS) is 12.6. The average molecular weight is 373 g/mol. The first kappa shape index (κ1) is 14.5. The van der Waals surface area contributed by atoms with E-state index in [0.29, 0.717) is 6.04 Å². The molecule has 2 rings (SSSR count). The third-order valence-electron chi connectivity index (χ3n) is 2.92. The van der Waals surface area contributed by atoms with E-state index in [1.807, 2.05) is 12.1 Å². The fourth-order valence-electron chi connectivity index (χ4n) is 2.04. The van der Waals surface area contributed by atoms with Gasteiger partial charge in [0.25, 0.3) is 0 Å². The molecule has 102 valence electrons. The van der Waals surface area contributed by atoms with Crippen LogP contribution in [0.2, 0.25) is 0 Å². The Kier molecular flexibility index (Phi) is 4.99. The summed E-state index contributed by atoms with van der Waals surface area (Å²) >= 11 is 2.13. The molecule has 0 aliphatic rings. The van der Waals surface area contributed by atoms with Crippen LogP contribution in [0.5, 0.6) is 0 Å². The number of likely N-dealkylation sites (N-methyl/N-ethyl adjacent to an activating group) is 1. The van der Waals surface area contributed by atoms with Gasteiger partial charge in [-0.3, -0.25) is 0 Å². The molecule has 2 aromatic rings. The lowest BCUT2D eigenvalue weighted by Crippen LogP contribution is -2.27. The zero-order valence-corrected chi connectivity index (χ0v) is 13.2. The summed E-state index contributed by atoms with van der Waals surface area (Å²) in [7, 11) is 0. The van der Waals surface area contributed by atoms with Gasteiger partial charge < -0.3 is 9.73 Å². The maximum absolute atomic E-state index is 13.1. The van der Waals surface area contributed by atoms with Gasteiger partial charge in [-0.25, -0.2) is 4.39 Å². The van der Waals surface area contributed by atoms with Gasteiger partial charge in [-0.15, -0.1) is 0 Å². The fourth-order valence-corrected chi connectivity index (χ4v) is 2.79. The highest BCUT2D eigenvalue weighted by atomic mass is 127. The van der Waals surface area contributed by atoms with Crippen LogP contribution in [0, 0.1) is 9.39 Å². The maximum atomic E-state index is 13.1. The monoisotopic (exact) mass is 373 g/mol. The largest absolute Gasteiger partial charge is 0.461 e. The molecule has 0 saturated carbocycles. The molecule has 19 heavy (non-hydrogen) atoms. The smallest absolute Gasteiger partial charge is 0.135 e. The Morgan fingerprint density at radius 3 is 2.79 bits per heavy atom. The van der Waals surface area contributed by atoms with Gasteiger partial charge in [0, 0.05) is 21.6 Å². The summed E-state index contributed by atoms with van der Waals surface area (Å²) in [4.78, 5) is 0. The standard InChI is InChI=1S/C15H17FINO/c1-3-18-10(2)8-12-5-7-15(19-12)13-6-4-11(16)9-14(13)17/h4-7,9-10,18H,3,8H2,1-2H3. The number of hydrogen-bond acceptors (Lipinski definition) is 2. The zero-order chi connectivity index (χ0) is 13.8. The third-order valence-corrected chi connectivity index (χ3v) is 3.81. The van der Waals surface area contributed by atoms with Crippen LogP contribution in [0.4, 0.5) is 4.39 Å². The Morgan fingerprint density at radius 2 is 2.11 bits per heavy atom. The van der Waals surface area contributed by atoms with E-state index in [-0.39, 0.29) is 5.82 Å². The van der Waals surface area contributed by atoms with Gasteiger partial charge in [0.05, 0.1) is 0 Å². The highest BCUT2D eigenvalue weighted by Gasteiger charge is 2.11. The summed E-state index contributed by atoms with van der Waals surface area (Å²) < 4.78 is 19.8. The van der Waals surface area contributed by atoms with Crippen molar-refractivity contribution in [2.75, 3.05) is 6.54 Å². The van der Waals surface area contributed by atoms with Crippen molar-refractivity contribution in [2.24, 2.45) is 0 Å². The van der Waals surface area contributed by atoms with E-state index in [9.17, 15) is 4.39 Å². The zero-order valence-electron chi connectivity index (χ0n) is 11.0. The first-order valence-electron chi connectivity index (χ1n) is 6.37. The number of nitrogens with one attached hydrogen (secondary N) is 1. The van der Waals surface area contributed by atoms with Crippen LogP contribution in [0.3, 0.4) is 0 Å². The minimum absolute atomic E-state index is 0.222. The number of hydrogen-bond donors (Lipinski definition) is 1. The highest BCUT2D eigenvalue weighted by Crippen LogP contribution is 2.28. The summed E-state index contributed by atoms with van der Waals surface area (Å²) in [5.74, 6) is 1.52. The molecule has 0 bridgehead atoms. The summed E-state index contributed by atoms with van der Waals surface area (Å²) in [6.45, 7) is 5.17. The number of halogens is 2. The molecule has 1 unspecified atom stereocenters. The first-order valence-corrected chi connectivity index (χ1v) is 7.45. The van der Waals surface area contributed by atoms with Crippen molar-refractivity contribution in [3.8, 4) is 11.3 Å². The average Bonchev–Trinajstić information content (AvgIpc) is 2.77. The van der Waals surface area contributed by atoms with Gasteiger partial charge >= 0.3 is 0 Å². The van der Waals surface area contributed by atoms with E-state index in [2.05, 4.69) is 41.8 Å². The Labute approximate surface area is 126 Å². The minimum Gasteiger partial charge on any atom is -0.461 e. The van der Waals surface area contributed by atoms with Crippen LogP contribution in [0.15, 0.2) is 34.7 Å². The van der Waals surface area contributed by atoms with E-state index in [0.717, 1.165) is 33.6 Å². The van der Waals surface area contributed by atoms with E-state index in [4.69, 9.17) is 4.42 Å². The highest BCUT2D eigenvalue weighted by molar-refractivity contribution is 14.1. The van der Waals surface area contributed by atoms with Crippen molar-refractivity contribution in [2.45, 2.75) is 26.3 Å². The molecule has 1 heterocycles. The summed E-state index contributed by atoms with van der Waals surface area (Å²) in [5.41, 5.74) is 0.935. The molecule has 1 atom stereocenters. The van der Waals surface area contributed by atoms with Crippen LogP contribution < -0.4 is 5.32 Å². The molecule has 2 nitrogen and oxygen atoms in total. The SMILES string of the molecule is CCNC(C)Cc1ccc(-c2ccc(F)cc2I)o1. The first-order chi connectivity index (χ1) is 9.10. The molecule has 0 aliphatic carbocycles. The topological polar surface area (TPSA) is 25.2 Å². The summed E-state index contributed by atoms with van der Waals surface area (Å²) in [6, 6.07) is 9.05. The maximum Gasteiger partial charge on any atom is 0.135 e. The lowest BCUT2D eigenvalue weighted by molar-refractivity contribution is 0.470. The van der Waals surface area contributed by atoms with E-state index < -0.39 is 0 Å². The Hall–Kier alpha value is -0.880. The van der Waals surface area contributed by atoms with Crippen LogP contribution in [0.1, 0.15) is 19.6 Å². The van der Waals surface area contributed by atoms with E-state index in [1.54, 1.807) is 6.07 Å². The Bertz CT molecular complexity index is 553. The quantitative estimate of drug-likeness (QED) is 0.794. The lowest BCUT2D eigenvalue weighted by atomic mass is 10.2. The predicted octanol–water partition coefficient (Wildman–Crippen LogP) is 4.23. The van der Waals surface area contributed by atoms with Crippen molar-refractivity contribution in [1.29, 1.82) is 0 Å². The van der Waals surface area contributed by atoms with Gasteiger partial charge in [-0.05, 0) is 66.4 Å². The van der Waals surface area contributed by atoms with Gasteiger partial charge in [-0.1, -0.05) is 6.92 Å². The number of benzene rings is 1. The van der Waals surface area contributed by atoms with Crippen LogP contribution in [-0.2, 0) is 6.42 Å². The van der Waals surface area contributed by atoms with Crippen LogP contribution in [-0.4, -0.2) is 12.6 Å². The molecule has 0 spiro atoms. The van der Waals surface area contributed by atoms with Crippen LogP contribution >= 0.6 is 22.6 Å². The fraction of sp³-hybridized carbons (Fsp3) is 0.333. The molecule has 1 N–H and O–H groups in total. The van der Waals surface area contributed by atoms with E-state index >= 15 is 0 Å². The van der Waals surface area contributed by atoms with E-state index in [1.165, 1.54) is 12.1 Å². The Balaban J connectivity index is 2.16. The number of furan rings is 1. The van der Waals surface area contributed by atoms with Crippen molar-refractivity contribution in [3.05, 3.63) is 45.5 Å². The molecule has 1 aromatic carbocycles. The second-order valence-corrected chi connectivity index (χ2v) is 5.72. The van der Waals surface area contributed by atoms with Crippen molar-refractivity contribution in [1.82, 2.24) is 5.32 Å². The van der Waals surface area contributed by atoms with Gasteiger partial charge in [0.15, 0.2) is 0 Å². The molecule has 0 fully saturated rings. The molecule has 0 radical (unpaired) electrons. The second-order valence-electron chi connectivity index (χ2n) is 4.55. The molecule has 4 heteroatoms. The predicted molar refractivity (Wildman–Crippen MR) is 83.7 cm³/mol. The van der Waals surface area contributed by atoms with Crippen molar-refractivity contribution in [3.63, 3.8) is 0 Å². The van der Waals surface area contributed by atoms with Crippen molar-refractivity contribution < 1.29 is 8.81 Å². The summed E-state index contributed by atoms with van der Waals surface area (Å²) in [5, 5.41) is 3.35. The van der Waals surface area contributed by atoms with Crippen molar-refractivity contribution >= 4 is 22.6 Å². The molecular formula is C15H17FINO. The van der Waals surface area contributed by atoms with Gasteiger partial charge in [-0.2, -0.15) is 0 Å². The Morgan fingerprint density at radius 1 is 1.32 bits per heavy atom.